The van der Waals surface area contributed by atoms with E-state index in [1.165, 1.54) is 25.8 Å². The Morgan fingerprint density at radius 2 is 1.83 bits per heavy atom. The van der Waals surface area contributed by atoms with E-state index in [2.05, 4.69) is 23.9 Å². The fraction of sp³-hybridized carbons (Fsp3) is 1.00. The number of nitrogens with zero attached hydrogens (tertiary/aromatic N) is 2. The normalized spacial score (nSPS) is 28.3. The molecule has 4 nitrogen and oxygen atoms in total. The molecule has 2 rings (SSSR count). The number of ether oxygens (including phenoxy) is 1. The van der Waals surface area contributed by atoms with Crippen molar-refractivity contribution < 1.29 is 9.84 Å². The summed E-state index contributed by atoms with van der Waals surface area (Å²) in [5.41, 5.74) is 0. The Bertz CT molecular complexity index is 191. The molecule has 2 fully saturated rings. The van der Waals surface area contributed by atoms with Gasteiger partial charge < -0.3 is 19.6 Å². The van der Waals surface area contributed by atoms with Crippen molar-refractivity contribution in [1.29, 1.82) is 0 Å². The molecule has 2 unspecified atom stereocenters. The quantitative estimate of drug-likeness (QED) is 0.815. The molecule has 0 bridgehead atoms. The van der Waals surface area contributed by atoms with Crippen molar-refractivity contribution >= 4 is 0 Å². The first kappa shape index (κ1) is 17.8. The van der Waals surface area contributed by atoms with Crippen LogP contribution in [0.2, 0.25) is 0 Å². The number of likely N-dealkylation sites (N-methyl/N-ethyl adjacent to an activating group) is 2. The van der Waals surface area contributed by atoms with Crippen molar-refractivity contribution in [2.75, 3.05) is 47.4 Å². The summed E-state index contributed by atoms with van der Waals surface area (Å²) in [6.45, 7) is 7.79. The molecule has 2 heterocycles. The maximum Gasteiger partial charge on any atom is 0.0710 e. The van der Waals surface area contributed by atoms with Crippen LogP contribution in [0.25, 0.3) is 0 Å². The second-order valence-electron chi connectivity index (χ2n) is 4.87. The molecule has 110 valence electrons. The standard InChI is InChI=1S/2C6H13NO.C2H6/c1-7-4-3-6(5-7)8-2;1-7-4-2-3-6(7)5-8;1-2/h6H,3-5H2,1-2H3;6,8H,2-5H2,1H3;1-2H3. The van der Waals surface area contributed by atoms with E-state index in [1.54, 1.807) is 7.11 Å². The second kappa shape index (κ2) is 10.7. The Labute approximate surface area is 113 Å². The molecule has 1 N–H and O–H groups in total. The highest BCUT2D eigenvalue weighted by molar-refractivity contribution is 4.74. The van der Waals surface area contributed by atoms with E-state index in [4.69, 9.17) is 9.84 Å². The average molecular weight is 260 g/mol. The molecule has 0 aromatic rings. The summed E-state index contributed by atoms with van der Waals surface area (Å²) in [6, 6.07) is 0.454. The zero-order chi connectivity index (χ0) is 14.0. The van der Waals surface area contributed by atoms with E-state index < -0.39 is 0 Å². The molecule has 0 aromatic carbocycles. The third-order valence-corrected chi connectivity index (χ3v) is 3.56. The van der Waals surface area contributed by atoms with Gasteiger partial charge in [-0.3, -0.25) is 0 Å². The maximum absolute atomic E-state index is 8.69. The molecule has 2 saturated heterocycles. The minimum Gasteiger partial charge on any atom is -0.395 e. The number of likely N-dealkylation sites (tertiary alicyclic amines) is 2. The van der Waals surface area contributed by atoms with Crippen LogP contribution in [0.5, 0.6) is 0 Å². The van der Waals surface area contributed by atoms with Crippen LogP contribution in [-0.4, -0.2) is 74.5 Å². The highest BCUT2D eigenvalue weighted by Crippen LogP contribution is 2.12. The molecule has 0 saturated carbocycles. The molecular formula is C14H32N2O2. The van der Waals surface area contributed by atoms with Crippen LogP contribution in [0.3, 0.4) is 0 Å². The SMILES string of the molecule is CC.CN1CCCC1CO.COC1CCN(C)C1. The zero-order valence-corrected chi connectivity index (χ0v) is 12.9. The van der Waals surface area contributed by atoms with Crippen LogP contribution in [0.15, 0.2) is 0 Å². The van der Waals surface area contributed by atoms with Crippen LogP contribution in [0.1, 0.15) is 33.1 Å². The number of aliphatic hydroxyl groups excluding tert-OH is 1. The number of hydrogen-bond donors (Lipinski definition) is 1. The highest BCUT2D eigenvalue weighted by Gasteiger charge is 2.18. The van der Waals surface area contributed by atoms with Crippen LogP contribution < -0.4 is 0 Å². The Kier molecular flexibility index (Phi) is 10.6. The highest BCUT2D eigenvalue weighted by atomic mass is 16.5. The summed E-state index contributed by atoms with van der Waals surface area (Å²) >= 11 is 0. The van der Waals surface area contributed by atoms with E-state index in [9.17, 15) is 0 Å². The molecule has 2 aliphatic rings. The maximum atomic E-state index is 8.69. The first-order chi connectivity index (χ1) is 8.67. The minimum absolute atomic E-state index is 0.330. The molecule has 0 amide bonds. The number of hydrogen-bond acceptors (Lipinski definition) is 4. The van der Waals surface area contributed by atoms with Gasteiger partial charge >= 0.3 is 0 Å². The van der Waals surface area contributed by atoms with E-state index in [0.717, 1.165) is 13.1 Å². The van der Waals surface area contributed by atoms with Gasteiger partial charge in [-0.1, -0.05) is 13.8 Å². The Morgan fingerprint density at radius 3 is 2.06 bits per heavy atom. The van der Waals surface area contributed by atoms with Crippen molar-refractivity contribution in [2.45, 2.75) is 45.3 Å². The predicted molar refractivity (Wildman–Crippen MR) is 77.0 cm³/mol. The third kappa shape index (κ3) is 6.69. The molecule has 4 heteroatoms. The lowest BCUT2D eigenvalue weighted by molar-refractivity contribution is 0.111. The average Bonchev–Trinajstić information content (AvgIpc) is 3.00. The molecule has 18 heavy (non-hydrogen) atoms. The molecular weight excluding hydrogens is 228 g/mol. The van der Waals surface area contributed by atoms with E-state index in [-0.39, 0.29) is 0 Å². The lowest BCUT2D eigenvalue weighted by Gasteiger charge is -2.15. The van der Waals surface area contributed by atoms with Crippen molar-refractivity contribution in [3.8, 4) is 0 Å². The van der Waals surface area contributed by atoms with Gasteiger partial charge in [0.25, 0.3) is 0 Å². The summed E-state index contributed by atoms with van der Waals surface area (Å²) in [5, 5.41) is 8.69. The van der Waals surface area contributed by atoms with Gasteiger partial charge in [0.2, 0.25) is 0 Å². The monoisotopic (exact) mass is 260 g/mol. The summed E-state index contributed by atoms with van der Waals surface area (Å²) in [4.78, 5) is 4.49. The van der Waals surface area contributed by atoms with Crippen molar-refractivity contribution in [3.05, 3.63) is 0 Å². The smallest absolute Gasteiger partial charge is 0.0710 e. The fourth-order valence-electron chi connectivity index (χ4n) is 2.30. The first-order valence-corrected chi connectivity index (χ1v) is 7.19. The number of methoxy groups -OCH3 is 1. The molecule has 0 aliphatic carbocycles. The summed E-state index contributed by atoms with van der Waals surface area (Å²) in [5.74, 6) is 0. The van der Waals surface area contributed by atoms with Crippen LogP contribution in [-0.2, 0) is 4.74 Å². The summed E-state index contributed by atoms with van der Waals surface area (Å²) in [6.07, 6.45) is 4.13. The zero-order valence-electron chi connectivity index (χ0n) is 12.9. The van der Waals surface area contributed by atoms with E-state index >= 15 is 0 Å². The lowest BCUT2D eigenvalue weighted by atomic mass is 10.2. The van der Waals surface area contributed by atoms with Gasteiger partial charge in [-0.05, 0) is 39.9 Å². The molecule has 2 atom stereocenters. The van der Waals surface area contributed by atoms with Gasteiger partial charge in [0.05, 0.1) is 12.7 Å². The topological polar surface area (TPSA) is 35.9 Å². The largest absolute Gasteiger partial charge is 0.395 e. The van der Waals surface area contributed by atoms with Crippen LogP contribution >= 0.6 is 0 Å². The van der Waals surface area contributed by atoms with Crippen molar-refractivity contribution in [3.63, 3.8) is 0 Å². The van der Waals surface area contributed by atoms with E-state index in [1.807, 2.05) is 13.8 Å². The van der Waals surface area contributed by atoms with Crippen molar-refractivity contribution in [2.24, 2.45) is 0 Å². The van der Waals surface area contributed by atoms with Gasteiger partial charge in [-0.2, -0.15) is 0 Å². The molecule has 0 spiro atoms. The van der Waals surface area contributed by atoms with Crippen LogP contribution in [0.4, 0.5) is 0 Å². The Morgan fingerprint density at radius 1 is 1.17 bits per heavy atom. The van der Waals surface area contributed by atoms with Gasteiger partial charge in [0, 0.05) is 26.2 Å². The van der Waals surface area contributed by atoms with Crippen LogP contribution in [0, 0.1) is 0 Å². The van der Waals surface area contributed by atoms with E-state index in [0.29, 0.717) is 18.8 Å². The number of aliphatic hydroxyl groups is 1. The van der Waals surface area contributed by atoms with Crippen molar-refractivity contribution in [1.82, 2.24) is 9.80 Å². The summed E-state index contributed by atoms with van der Waals surface area (Å²) in [7, 11) is 5.97. The number of rotatable bonds is 2. The van der Waals surface area contributed by atoms with Gasteiger partial charge in [-0.15, -0.1) is 0 Å². The fourth-order valence-corrected chi connectivity index (χ4v) is 2.30. The Balaban J connectivity index is 0.000000283. The molecule has 0 radical (unpaired) electrons. The van der Waals surface area contributed by atoms with Gasteiger partial charge in [0.15, 0.2) is 0 Å². The predicted octanol–water partition coefficient (Wildman–Crippen LogP) is 1.44. The van der Waals surface area contributed by atoms with Gasteiger partial charge in [0.1, 0.15) is 0 Å². The lowest BCUT2D eigenvalue weighted by Crippen LogP contribution is -2.27. The van der Waals surface area contributed by atoms with Gasteiger partial charge in [-0.25, -0.2) is 0 Å². The minimum atomic E-state index is 0.330. The third-order valence-electron chi connectivity index (χ3n) is 3.56. The second-order valence-corrected chi connectivity index (χ2v) is 4.87. The molecule has 2 aliphatic heterocycles. The summed E-state index contributed by atoms with van der Waals surface area (Å²) < 4.78 is 5.14. The Hall–Kier alpha value is -0.160. The molecule has 0 aromatic heterocycles. The first-order valence-electron chi connectivity index (χ1n) is 7.19.